The van der Waals surface area contributed by atoms with Gasteiger partial charge in [-0.2, -0.15) is 0 Å². The van der Waals surface area contributed by atoms with E-state index in [0.29, 0.717) is 12.8 Å². The molecular formula is C24H28N2O3. The van der Waals surface area contributed by atoms with E-state index in [1.165, 1.54) is 5.56 Å². The molecule has 2 aliphatic rings. The highest BCUT2D eigenvalue weighted by molar-refractivity contribution is 5.98. The van der Waals surface area contributed by atoms with Gasteiger partial charge in [-0.25, -0.2) is 0 Å². The molecule has 0 bridgehead atoms. The van der Waals surface area contributed by atoms with Crippen molar-refractivity contribution in [3.05, 3.63) is 53.6 Å². The number of ether oxygens (including phenoxy) is 1. The molecule has 29 heavy (non-hydrogen) atoms. The number of methoxy groups -OCH3 is 1. The van der Waals surface area contributed by atoms with E-state index in [9.17, 15) is 9.59 Å². The van der Waals surface area contributed by atoms with E-state index >= 15 is 0 Å². The van der Waals surface area contributed by atoms with Gasteiger partial charge in [0.1, 0.15) is 5.75 Å². The Hall–Kier alpha value is -2.82. The first-order chi connectivity index (χ1) is 14.1. The number of aryl methyl sites for hydroxylation is 1. The number of hydrogen-bond acceptors (Lipinski definition) is 3. The van der Waals surface area contributed by atoms with Crippen LogP contribution in [0.4, 0.5) is 11.4 Å². The number of amides is 2. The summed E-state index contributed by atoms with van der Waals surface area (Å²) in [5, 5.41) is 2.99. The predicted octanol–water partition coefficient (Wildman–Crippen LogP) is 4.35. The van der Waals surface area contributed by atoms with Crippen LogP contribution < -0.4 is 15.0 Å². The Morgan fingerprint density at radius 2 is 1.86 bits per heavy atom. The van der Waals surface area contributed by atoms with Crippen LogP contribution in [0.2, 0.25) is 0 Å². The van der Waals surface area contributed by atoms with E-state index in [1.54, 1.807) is 7.11 Å². The van der Waals surface area contributed by atoms with Gasteiger partial charge in [0.2, 0.25) is 11.8 Å². The highest BCUT2D eigenvalue weighted by Crippen LogP contribution is 2.35. The molecule has 1 aliphatic carbocycles. The second-order valence-electron chi connectivity index (χ2n) is 7.96. The SMILES string of the molecule is COc1ccc(CCC(=O)Nc2ccc3c(c2)N(C(=O)C2CCCC2)CC3)cc1. The summed E-state index contributed by atoms with van der Waals surface area (Å²) in [7, 11) is 1.64. The molecule has 0 aromatic heterocycles. The molecule has 2 aromatic rings. The maximum absolute atomic E-state index is 12.9. The summed E-state index contributed by atoms with van der Waals surface area (Å²) in [4.78, 5) is 27.2. The molecule has 1 N–H and O–H groups in total. The van der Waals surface area contributed by atoms with Gasteiger partial charge in [0.15, 0.2) is 0 Å². The zero-order valence-corrected chi connectivity index (χ0v) is 16.9. The minimum Gasteiger partial charge on any atom is -0.497 e. The number of rotatable bonds is 6. The van der Waals surface area contributed by atoms with Crippen LogP contribution in [-0.4, -0.2) is 25.5 Å². The molecule has 2 aromatic carbocycles. The van der Waals surface area contributed by atoms with Gasteiger partial charge < -0.3 is 15.0 Å². The molecular weight excluding hydrogens is 364 g/mol. The number of anilines is 2. The first-order valence-electron chi connectivity index (χ1n) is 10.5. The lowest BCUT2D eigenvalue weighted by Crippen LogP contribution is -2.33. The number of hydrogen-bond donors (Lipinski definition) is 1. The molecule has 0 spiro atoms. The highest BCUT2D eigenvalue weighted by Gasteiger charge is 2.31. The summed E-state index contributed by atoms with van der Waals surface area (Å²) >= 11 is 0. The Morgan fingerprint density at radius 3 is 2.59 bits per heavy atom. The summed E-state index contributed by atoms with van der Waals surface area (Å²) < 4.78 is 5.16. The van der Waals surface area contributed by atoms with Crippen LogP contribution in [0, 0.1) is 5.92 Å². The Bertz CT molecular complexity index is 885. The fraction of sp³-hybridized carbons (Fsp3) is 0.417. The minimum atomic E-state index is -0.0209. The van der Waals surface area contributed by atoms with Crippen LogP contribution in [0.15, 0.2) is 42.5 Å². The number of carbonyl (C=O) groups is 2. The lowest BCUT2D eigenvalue weighted by Gasteiger charge is -2.21. The first kappa shape index (κ1) is 19.5. The molecule has 1 aliphatic heterocycles. The quantitative estimate of drug-likeness (QED) is 0.795. The molecule has 1 saturated carbocycles. The second kappa shape index (κ2) is 8.68. The molecule has 4 rings (SSSR count). The average Bonchev–Trinajstić information content (AvgIpc) is 3.42. The molecule has 1 fully saturated rings. The molecule has 2 amide bonds. The lowest BCUT2D eigenvalue weighted by atomic mass is 10.1. The third-order valence-corrected chi connectivity index (χ3v) is 6.03. The van der Waals surface area contributed by atoms with Gasteiger partial charge in [0, 0.05) is 30.3 Å². The molecule has 1 heterocycles. The van der Waals surface area contributed by atoms with E-state index in [2.05, 4.69) is 5.32 Å². The highest BCUT2D eigenvalue weighted by atomic mass is 16.5. The summed E-state index contributed by atoms with van der Waals surface area (Å²) in [6.45, 7) is 0.750. The number of fused-ring (bicyclic) bond motifs is 1. The Labute approximate surface area is 172 Å². The van der Waals surface area contributed by atoms with Gasteiger partial charge in [-0.05, 0) is 61.1 Å². The fourth-order valence-corrected chi connectivity index (χ4v) is 4.35. The van der Waals surface area contributed by atoms with E-state index in [4.69, 9.17) is 4.74 Å². The van der Waals surface area contributed by atoms with Crippen molar-refractivity contribution in [3.8, 4) is 5.75 Å². The number of benzene rings is 2. The van der Waals surface area contributed by atoms with Gasteiger partial charge in [0.05, 0.1) is 7.11 Å². The van der Waals surface area contributed by atoms with Crippen molar-refractivity contribution < 1.29 is 14.3 Å². The van der Waals surface area contributed by atoms with E-state index in [0.717, 1.165) is 61.3 Å². The number of carbonyl (C=O) groups excluding carboxylic acids is 2. The summed E-state index contributed by atoms with van der Waals surface area (Å²) in [6, 6.07) is 13.7. The van der Waals surface area contributed by atoms with Crippen LogP contribution in [0.25, 0.3) is 0 Å². The minimum absolute atomic E-state index is 0.0209. The van der Waals surface area contributed by atoms with Crippen molar-refractivity contribution in [1.82, 2.24) is 0 Å². The second-order valence-corrected chi connectivity index (χ2v) is 7.96. The number of nitrogens with zero attached hydrogens (tertiary/aromatic N) is 1. The first-order valence-corrected chi connectivity index (χ1v) is 10.5. The predicted molar refractivity (Wildman–Crippen MR) is 114 cm³/mol. The van der Waals surface area contributed by atoms with E-state index in [-0.39, 0.29) is 17.7 Å². The van der Waals surface area contributed by atoms with Crippen LogP contribution in [0.3, 0.4) is 0 Å². The van der Waals surface area contributed by atoms with Crippen LogP contribution >= 0.6 is 0 Å². The summed E-state index contributed by atoms with van der Waals surface area (Å²) in [5.41, 5.74) is 4.01. The van der Waals surface area contributed by atoms with Crippen molar-refractivity contribution in [1.29, 1.82) is 0 Å². The van der Waals surface area contributed by atoms with Gasteiger partial charge in [-0.15, -0.1) is 0 Å². The molecule has 0 radical (unpaired) electrons. The smallest absolute Gasteiger partial charge is 0.230 e. The van der Waals surface area contributed by atoms with Gasteiger partial charge >= 0.3 is 0 Å². The molecule has 0 saturated heterocycles. The topological polar surface area (TPSA) is 58.6 Å². The van der Waals surface area contributed by atoms with E-state index in [1.807, 2.05) is 47.4 Å². The number of nitrogens with one attached hydrogen (secondary N) is 1. The third kappa shape index (κ3) is 4.44. The third-order valence-electron chi connectivity index (χ3n) is 6.03. The maximum Gasteiger partial charge on any atom is 0.230 e. The Kier molecular flexibility index (Phi) is 5.84. The van der Waals surface area contributed by atoms with E-state index < -0.39 is 0 Å². The van der Waals surface area contributed by atoms with Crippen molar-refractivity contribution >= 4 is 23.2 Å². The van der Waals surface area contributed by atoms with Gasteiger partial charge in [-0.3, -0.25) is 9.59 Å². The van der Waals surface area contributed by atoms with Crippen molar-refractivity contribution in [2.45, 2.75) is 44.9 Å². The Balaban J connectivity index is 1.37. The zero-order valence-electron chi connectivity index (χ0n) is 16.9. The average molecular weight is 392 g/mol. The van der Waals surface area contributed by atoms with Crippen LogP contribution in [-0.2, 0) is 22.4 Å². The zero-order chi connectivity index (χ0) is 20.2. The van der Waals surface area contributed by atoms with Crippen molar-refractivity contribution in [2.75, 3.05) is 23.9 Å². The van der Waals surface area contributed by atoms with Crippen molar-refractivity contribution in [2.24, 2.45) is 5.92 Å². The molecule has 0 atom stereocenters. The fourth-order valence-electron chi connectivity index (χ4n) is 4.35. The summed E-state index contributed by atoms with van der Waals surface area (Å²) in [6.07, 6.45) is 6.29. The van der Waals surface area contributed by atoms with Crippen LogP contribution in [0.1, 0.15) is 43.2 Å². The molecule has 5 nitrogen and oxygen atoms in total. The molecule has 5 heteroatoms. The monoisotopic (exact) mass is 392 g/mol. The van der Waals surface area contributed by atoms with Gasteiger partial charge in [0.25, 0.3) is 0 Å². The standard InChI is InChI=1S/C24H28N2O3/c1-29-21-11-6-17(7-12-21)8-13-23(27)25-20-10-9-18-14-15-26(22(18)16-20)24(28)19-4-2-3-5-19/h6-7,9-12,16,19H,2-5,8,13-15H2,1H3,(H,25,27). The Morgan fingerprint density at radius 1 is 1.10 bits per heavy atom. The van der Waals surface area contributed by atoms with Crippen LogP contribution in [0.5, 0.6) is 5.75 Å². The molecule has 0 unspecified atom stereocenters. The van der Waals surface area contributed by atoms with Crippen molar-refractivity contribution in [3.63, 3.8) is 0 Å². The maximum atomic E-state index is 12.9. The lowest BCUT2D eigenvalue weighted by molar-refractivity contribution is -0.122. The largest absolute Gasteiger partial charge is 0.497 e. The summed E-state index contributed by atoms with van der Waals surface area (Å²) in [5.74, 6) is 1.22. The molecule has 152 valence electrons. The van der Waals surface area contributed by atoms with Gasteiger partial charge in [-0.1, -0.05) is 31.0 Å². The normalized spacial score (nSPS) is 16.0.